The third kappa shape index (κ3) is 3.79. The van der Waals surface area contributed by atoms with E-state index in [1.807, 2.05) is 30.3 Å². The van der Waals surface area contributed by atoms with Crippen molar-refractivity contribution in [3.8, 4) is 0 Å². The molecule has 0 aliphatic carbocycles. The Balaban J connectivity index is 1.62. The standard InChI is InChI=1S/C18H23BrN2O/c19-17-8-2-1-6-15(17)9-10-18(22)21-13-5-7-16(21)14-20-11-3-4-12-20/h1-2,6,8-10,16H,3-5,7,11-14H2. The molecule has 2 aliphatic rings. The molecule has 2 fully saturated rings. The molecule has 2 saturated heterocycles. The highest BCUT2D eigenvalue weighted by atomic mass is 79.9. The maximum Gasteiger partial charge on any atom is 0.246 e. The van der Waals surface area contributed by atoms with Gasteiger partial charge in [0.1, 0.15) is 0 Å². The summed E-state index contributed by atoms with van der Waals surface area (Å²) in [6.45, 7) is 4.35. The van der Waals surface area contributed by atoms with Crippen molar-refractivity contribution in [3.63, 3.8) is 0 Å². The van der Waals surface area contributed by atoms with Crippen molar-refractivity contribution in [1.82, 2.24) is 9.80 Å². The lowest BCUT2D eigenvalue weighted by Gasteiger charge is -2.27. The molecule has 0 bridgehead atoms. The molecule has 1 unspecified atom stereocenters. The zero-order valence-corrected chi connectivity index (χ0v) is 14.5. The molecule has 118 valence electrons. The van der Waals surface area contributed by atoms with Gasteiger partial charge in [-0.2, -0.15) is 0 Å². The minimum atomic E-state index is 0.150. The molecule has 3 rings (SSSR count). The highest BCUT2D eigenvalue weighted by Gasteiger charge is 2.29. The van der Waals surface area contributed by atoms with Crippen molar-refractivity contribution >= 4 is 27.9 Å². The number of hydrogen-bond donors (Lipinski definition) is 0. The van der Waals surface area contributed by atoms with Crippen molar-refractivity contribution in [2.24, 2.45) is 0 Å². The van der Waals surface area contributed by atoms with Gasteiger partial charge in [0.25, 0.3) is 0 Å². The first-order valence-electron chi connectivity index (χ1n) is 8.19. The van der Waals surface area contributed by atoms with Gasteiger partial charge in [-0.3, -0.25) is 4.79 Å². The quantitative estimate of drug-likeness (QED) is 0.764. The van der Waals surface area contributed by atoms with Crippen LogP contribution < -0.4 is 0 Å². The lowest BCUT2D eigenvalue weighted by atomic mass is 10.2. The van der Waals surface area contributed by atoms with E-state index in [-0.39, 0.29) is 5.91 Å². The van der Waals surface area contributed by atoms with Crippen molar-refractivity contribution in [1.29, 1.82) is 0 Å². The molecule has 0 spiro atoms. The van der Waals surface area contributed by atoms with E-state index in [1.54, 1.807) is 6.08 Å². The van der Waals surface area contributed by atoms with Crippen molar-refractivity contribution in [2.75, 3.05) is 26.2 Å². The summed E-state index contributed by atoms with van der Waals surface area (Å²) < 4.78 is 1.02. The summed E-state index contributed by atoms with van der Waals surface area (Å²) in [4.78, 5) is 17.1. The minimum Gasteiger partial charge on any atom is -0.335 e. The van der Waals surface area contributed by atoms with Crippen LogP contribution >= 0.6 is 15.9 Å². The number of hydrogen-bond acceptors (Lipinski definition) is 2. The van der Waals surface area contributed by atoms with Crippen molar-refractivity contribution < 1.29 is 4.79 Å². The van der Waals surface area contributed by atoms with E-state index in [2.05, 4.69) is 25.7 Å². The molecule has 4 heteroatoms. The first kappa shape index (κ1) is 15.8. The molecule has 2 aliphatic heterocycles. The number of rotatable bonds is 4. The summed E-state index contributed by atoms with van der Waals surface area (Å²) in [5.41, 5.74) is 1.05. The zero-order chi connectivity index (χ0) is 15.4. The maximum atomic E-state index is 12.5. The predicted octanol–water partition coefficient (Wildman–Crippen LogP) is 3.55. The molecule has 1 aromatic carbocycles. The molecule has 1 aromatic rings. The third-order valence-electron chi connectivity index (χ3n) is 4.64. The lowest BCUT2D eigenvalue weighted by Crippen LogP contribution is -2.41. The number of halogens is 1. The average molecular weight is 363 g/mol. The molecular formula is C18H23BrN2O. The first-order chi connectivity index (χ1) is 10.7. The van der Waals surface area contributed by atoms with E-state index in [0.29, 0.717) is 6.04 Å². The Morgan fingerprint density at radius 2 is 1.95 bits per heavy atom. The van der Waals surface area contributed by atoms with E-state index in [9.17, 15) is 4.79 Å². The van der Waals surface area contributed by atoms with E-state index >= 15 is 0 Å². The van der Waals surface area contributed by atoms with Gasteiger partial charge in [-0.05, 0) is 56.5 Å². The van der Waals surface area contributed by atoms with Crippen LogP contribution in [0.5, 0.6) is 0 Å². The van der Waals surface area contributed by atoms with Gasteiger partial charge in [0.15, 0.2) is 0 Å². The number of carbonyl (C=O) groups is 1. The smallest absolute Gasteiger partial charge is 0.246 e. The Kier molecular flexibility index (Phi) is 5.32. The fraction of sp³-hybridized carbons (Fsp3) is 0.500. The van der Waals surface area contributed by atoms with E-state index in [1.165, 1.54) is 25.9 Å². The summed E-state index contributed by atoms with van der Waals surface area (Å²) >= 11 is 3.52. The molecular weight excluding hydrogens is 340 g/mol. The largest absolute Gasteiger partial charge is 0.335 e. The van der Waals surface area contributed by atoms with Gasteiger partial charge in [-0.1, -0.05) is 34.1 Å². The zero-order valence-electron chi connectivity index (χ0n) is 12.9. The second-order valence-electron chi connectivity index (χ2n) is 6.19. The van der Waals surface area contributed by atoms with E-state index in [4.69, 9.17) is 0 Å². The Morgan fingerprint density at radius 1 is 1.18 bits per heavy atom. The van der Waals surface area contributed by atoms with Gasteiger partial charge in [0.05, 0.1) is 0 Å². The molecule has 1 atom stereocenters. The number of carbonyl (C=O) groups excluding carboxylic acids is 1. The number of likely N-dealkylation sites (tertiary alicyclic amines) is 2. The first-order valence-corrected chi connectivity index (χ1v) is 8.99. The third-order valence-corrected chi connectivity index (χ3v) is 5.36. The predicted molar refractivity (Wildman–Crippen MR) is 93.6 cm³/mol. The molecule has 0 saturated carbocycles. The van der Waals surface area contributed by atoms with Crippen LogP contribution in [0.15, 0.2) is 34.8 Å². The minimum absolute atomic E-state index is 0.150. The van der Waals surface area contributed by atoms with E-state index < -0.39 is 0 Å². The van der Waals surface area contributed by atoms with Crippen LogP contribution in [-0.4, -0.2) is 47.9 Å². The van der Waals surface area contributed by atoms with Crippen LogP contribution in [0.25, 0.3) is 6.08 Å². The SMILES string of the molecule is O=C(C=Cc1ccccc1Br)N1CCCC1CN1CCCC1. The molecule has 1 amide bonds. The maximum absolute atomic E-state index is 12.5. The van der Waals surface area contributed by atoms with E-state index in [0.717, 1.165) is 36.0 Å². The van der Waals surface area contributed by atoms with Crippen molar-refractivity contribution in [2.45, 2.75) is 31.7 Å². The van der Waals surface area contributed by atoms with Gasteiger partial charge in [0, 0.05) is 29.7 Å². The van der Waals surface area contributed by atoms with Crippen molar-refractivity contribution in [3.05, 3.63) is 40.4 Å². The summed E-state index contributed by atoms with van der Waals surface area (Å²) in [6.07, 6.45) is 8.53. The van der Waals surface area contributed by atoms with Crippen LogP contribution in [0.4, 0.5) is 0 Å². The van der Waals surface area contributed by atoms with Crippen LogP contribution in [0.1, 0.15) is 31.2 Å². The topological polar surface area (TPSA) is 23.6 Å². The molecule has 0 radical (unpaired) electrons. The number of amides is 1. The Labute approximate surface area is 141 Å². The molecule has 22 heavy (non-hydrogen) atoms. The van der Waals surface area contributed by atoms with Crippen LogP contribution in [-0.2, 0) is 4.79 Å². The molecule has 0 aromatic heterocycles. The second kappa shape index (κ2) is 7.42. The number of nitrogens with zero attached hydrogens (tertiary/aromatic N) is 2. The summed E-state index contributed by atoms with van der Waals surface area (Å²) in [7, 11) is 0. The lowest BCUT2D eigenvalue weighted by molar-refractivity contribution is -0.127. The van der Waals surface area contributed by atoms with Gasteiger partial charge < -0.3 is 9.80 Å². The van der Waals surface area contributed by atoms with Gasteiger partial charge >= 0.3 is 0 Å². The normalized spacial score (nSPS) is 22.8. The summed E-state index contributed by atoms with van der Waals surface area (Å²) in [6, 6.07) is 8.38. The van der Waals surface area contributed by atoms with Crippen LogP contribution in [0.3, 0.4) is 0 Å². The Hall–Kier alpha value is -1.13. The molecule has 2 heterocycles. The second-order valence-corrected chi connectivity index (χ2v) is 7.04. The Bertz CT molecular complexity index is 552. The Morgan fingerprint density at radius 3 is 2.73 bits per heavy atom. The van der Waals surface area contributed by atoms with Gasteiger partial charge in [0.2, 0.25) is 5.91 Å². The average Bonchev–Trinajstić information content (AvgIpc) is 3.18. The fourth-order valence-corrected chi connectivity index (χ4v) is 3.86. The summed E-state index contributed by atoms with van der Waals surface area (Å²) in [5, 5.41) is 0. The van der Waals surface area contributed by atoms with Gasteiger partial charge in [-0.15, -0.1) is 0 Å². The van der Waals surface area contributed by atoms with Crippen LogP contribution in [0.2, 0.25) is 0 Å². The van der Waals surface area contributed by atoms with Crippen LogP contribution in [0, 0.1) is 0 Å². The highest BCUT2D eigenvalue weighted by Crippen LogP contribution is 2.22. The number of benzene rings is 1. The summed E-state index contributed by atoms with van der Waals surface area (Å²) in [5.74, 6) is 0.150. The molecule has 3 nitrogen and oxygen atoms in total. The monoisotopic (exact) mass is 362 g/mol. The van der Waals surface area contributed by atoms with Gasteiger partial charge in [-0.25, -0.2) is 0 Å². The molecule has 0 N–H and O–H groups in total. The highest BCUT2D eigenvalue weighted by molar-refractivity contribution is 9.10. The fourth-order valence-electron chi connectivity index (χ4n) is 3.45.